The van der Waals surface area contributed by atoms with Gasteiger partial charge < -0.3 is 15.5 Å². The SMILES string of the molecule is CCNC(=NCCCN1CCN(c2ccccc2F)CC1)NCCC(F)(F)F.I. The first-order valence-electron chi connectivity index (χ1n) is 9.70. The largest absolute Gasteiger partial charge is 0.390 e. The fourth-order valence-corrected chi connectivity index (χ4v) is 3.07. The van der Waals surface area contributed by atoms with Gasteiger partial charge in [-0.2, -0.15) is 13.2 Å². The summed E-state index contributed by atoms with van der Waals surface area (Å²) < 4.78 is 50.6. The molecule has 0 amide bonds. The third-order valence-corrected chi connectivity index (χ3v) is 4.51. The van der Waals surface area contributed by atoms with E-state index in [1.165, 1.54) is 6.07 Å². The summed E-state index contributed by atoms with van der Waals surface area (Å²) in [5, 5.41) is 5.66. The van der Waals surface area contributed by atoms with Crippen LogP contribution < -0.4 is 15.5 Å². The van der Waals surface area contributed by atoms with Crippen molar-refractivity contribution in [2.75, 3.05) is 57.3 Å². The Hall–Kier alpha value is -1.30. The normalized spacial score (nSPS) is 15.8. The highest BCUT2D eigenvalue weighted by Crippen LogP contribution is 2.20. The van der Waals surface area contributed by atoms with Crippen LogP contribution in [0.5, 0.6) is 0 Å². The number of nitrogens with one attached hydrogen (secondary N) is 2. The third-order valence-electron chi connectivity index (χ3n) is 4.51. The summed E-state index contributed by atoms with van der Waals surface area (Å²) in [6, 6.07) is 6.81. The van der Waals surface area contributed by atoms with E-state index in [1.54, 1.807) is 12.1 Å². The molecule has 0 saturated carbocycles. The Bertz CT molecular complexity index is 619. The molecule has 2 N–H and O–H groups in total. The second-order valence-electron chi connectivity index (χ2n) is 6.69. The molecule has 166 valence electrons. The van der Waals surface area contributed by atoms with Gasteiger partial charge in [-0.15, -0.1) is 24.0 Å². The second-order valence-corrected chi connectivity index (χ2v) is 6.69. The quantitative estimate of drug-likeness (QED) is 0.177. The number of piperazine rings is 1. The van der Waals surface area contributed by atoms with Gasteiger partial charge in [0.2, 0.25) is 0 Å². The molecule has 1 heterocycles. The highest BCUT2D eigenvalue weighted by Gasteiger charge is 2.26. The number of benzene rings is 1. The fourth-order valence-electron chi connectivity index (χ4n) is 3.07. The number of rotatable bonds is 8. The topological polar surface area (TPSA) is 42.9 Å². The molecule has 0 radical (unpaired) electrons. The van der Waals surface area contributed by atoms with E-state index in [4.69, 9.17) is 0 Å². The first kappa shape index (κ1) is 25.7. The molecule has 1 fully saturated rings. The molecule has 0 unspecified atom stereocenters. The molecular formula is C19H30F4IN5. The molecule has 29 heavy (non-hydrogen) atoms. The molecule has 0 spiro atoms. The van der Waals surface area contributed by atoms with Gasteiger partial charge in [0.05, 0.1) is 12.1 Å². The van der Waals surface area contributed by atoms with Crippen LogP contribution in [-0.2, 0) is 0 Å². The van der Waals surface area contributed by atoms with Crippen molar-refractivity contribution >= 4 is 35.6 Å². The van der Waals surface area contributed by atoms with Crippen molar-refractivity contribution in [1.82, 2.24) is 15.5 Å². The number of nitrogens with zero attached hydrogens (tertiary/aromatic N) is 3. The Morgan fingerprint density at radius 3 is 2.41 bits per heavy atom. The molecular weight excluding hydrogens is 501 g/mol. The van der Waals surface area contributed by atoms with Gasteiger partial charge in [-0.05, 0) is 25.5 Å². The maximum absolute atomic E-state index is 13.9. The van der Waals surface area contributed by atoms with E-state index in [0.29, 0.717) is 24.7 Å². The third kappa shape index (κ3) is 9.83. The number of guanidine groups is 1. The maximum atomic E-state index is 13.9. The van der Waals surface area contributed by atoms with Crippen molar-refractivity contribution in [3.05, 3.63) is 30.1 Å². The van der Waals surface area contributed by atoms with Crippen molar-refractivity contribution in [2.24, 2.45) is 4.99 Å². The van der Waals surface area contributed by atoms with Crippen molar-refractivity contribution in [3.63, 3.8) is 0 Å². The molecule has 1 aromatic carbocycles. The van der Waals surface area contributed by atoms with Gasteiger partial charge in [0, 0.05) is 52.4 Å². The van der Waals surface area contributed by atoms with E-state index in [2.05, 4.69) is 25.4 Å². The van der Waals surface area contributed by atoms with E-state index in [-0.39, 0.29) is 36.3 Å². The lowest BCUT2D eigenvalue weighted by molar-refractivity contribution is -0.132. The van der Waals surface area contributed by atoms with Crippen molar-refractivity contribution < 1.29 is 17.6 Å². The zero-order valence-electron chi connectivity index (χ0n) is 16.6. The summed E-state index contributed by atoms with van der Waals surface area (Å²) in [5.74, 6) is 0.218. The number of halogens is 5. The average Bonchev–Trinajstić information content (AvgIpc) is 2.65. The molecule has 0 atom stereocenters. The number of anilines is 1. The predicted octanol–water partition coefficient (Wildman–Crippen LogP) is 3.46. The van der Waals surface area contributed by atoms with Gasteiger partial charge in [0.1, 0.15) is 5.82 Å². The molecule has 1 aliphatic rings. The summed E-state index contributed by atoms with van der Waals surface area (Å²) in [7, 11) is 0. The van der Waals surface area contributed by atoms with Crippen molar-refractivity contribution in [3.8, 4) is 0 Å². The second kappa shape index (κ2) is 13.1. The molecule has 5 nitrogen and oxygen atoms in total. The number of aliphatic imine (C=N–C) groups is 1. The van der Waals surface area contributed by atoms with Gasteiger partial charge >= 0.3 is 6.18 Å². The van der Waals surface area contributed by atoms with E-state index in [0.717, 1.165) is 39.1 Å². The van der Waals surface area contributed by atoms with Crippen LogP contribution in [0.2, 0.25) is 0 Å². The Balaban J connectivity index is 0.00000420. The van der Waals surface area contributed by atoms with Crippen LogP contribution in [0.3, 0.4) is 0 Å². The minimum absolute atomic E-state index is 0. The molecule has 0 aromatic heterocycles. The standard InChI is InChI=1S/C19H29F4N5.HI/c1-2-24-18(26-10-8-19(21,22)23)25-9-5-11-27-12-14-28(15-13-27)17-7-4-3-6-16(17)20;/h3-4,6-7H,2,5,8-15H2,1H3,(H2,24,25,26);1H. The first-order chi connectivity index (χ1) is 13.4. The minimum Gasteiger partial charge on any atom is -0.367 e. The van der Waals surface area contributed by atoms with E-state index in [9.17, 15) is 17.6 Å². The van der Waals surface area contributed by atoms with E-state index < -0.39 is 12.6 Å². The van der Waals surface area contributed by atoms with Gasteiger partial charge in [0.25, 0.3) is 0 Å². The van der Waals surface area contributed by atoms with Gasteiger partial charge in [0.15, 0.2) is 5.96 Å². The molecule has 0 bridgehead atoms. The zero-order chi connectivity index (χ0) is 20.4. The monoisotopic (exact) mass is 531 g/mol. The van der Waals surface area contributed by atoms with Crippen LogP contribution in [0.25, 0.3) is 0 Å². The lowest BCUT2D eigenvalue weighted by Crippen LogP contribution is -2.47. The molecule has 1 aliphatic heterocycles. The smallest absolute Gasteiger partial charge is 0.367 e. The zero-order valence-corrected chi connectivity index (χ0v) is 19.0. The van der Waals surface area contributed by atoms with Gasteiger partial charge in [-0.25, -0.2) is 4.39 Å². The maximum Gasteiger partial charge on any atom is 0.390 e. The van der Waals surface area contributed by atoms with Crippen LogP contribution >= 0.6 is 24.0 Å². The lowest BCUT2D eigenvalue weighted by Gasteiger charge is -2.36. The molecule has 2 rings (SSSR count). The van der Waals surface area contributed by atoms with Crippen LogP contribution in [0.15, 0.2) is 29.3 Å². The summed E-state index contributed by atoms with van der Waals surface area (Å²) in [4.78, 5) is 8.69. The Labute approximate surface area is 186 Å². The highest BCUT2D eigenvalue weighted by molar-refractivity contribution is 14.0. The number of hydrogen-bond acceptors (Lipinski definition) is 3. The van der Waals surface area contributed by atoms with Crippen molar-refractivity contribution in [2.45, 2.75) is 25.9 Å². The lowest BCUT2D eigenvalue weighted by atomic mass is 10.2. The van der Waals surface area contributed by atoms with Crippen molar-refractivity contribution in [1.29, 1.82) is 0 Å². The van der Waals surface area contributed by atoms with Gasteiger partial charge in [-0.1, -0.05) is 12.1 Å². The van der Waals surface area contributed by atoms with E-state index in [1.807, 2.05) is 13.0 Å². The van der Waals surface area contributed by atoms with E-state index >= 15 is 0 Å². The molecule has 1 aromatic rings. The summed E-state index contributed by atoms with van der Waals surface area (Å²) in [6.07, 6.45) is -4.24. The van der Waals surface area contributed by atoms with Crippen LogP contribution in [-0.4, -0.2) is 69.4 Å². The molecule has 10 heteroatoms. The highest BCUT2D eigenvalue weighted by atomic mass is 127. The first-order valence-corrected chi connectivity index (χ1v) is 9.70. The minimum atomic E-state index is -4.17. The molecule has 0 aliphatic carbocycles. The summed E-state index contributed by atoms with van der Waals surface area (Å²) >= 11 is 0. The Kier molecular flexibility index (Phi) is 11.6. The Morgan fingerprint density at radius 1 is 1.10 bits per heavy atom. The summed E-state index contributed by atoms with van der Waals surface area (Å²) in [5.41, 5.74) is 0.645. The van der Waals surface area contributed by atoms with Crippen LogP contribution in [0.1, 0.15) is 19.8 Å². The Morgan fingerprint density at radius 2 is 1.79 bits per heavy atom. The fraction of sp³-hybridized carbons (Fsp3) is 0.632. The number of alkyl halides is 3. The molecule has 1 saturated heterocycles. The van der Waals surface area contributed by atoms with Crippen LogP contribution in [0.4, 0.5) is 23.2 Å². The average molecular weight is 531 g/mol. The van der Waals surface area contributed by atoms with Gasteiger partial charge in [-0.3, -0.25) is 9.89 Å². The van der Waals surface area contributed by atoms with Crippen LogP contribution in [0, 0.1) is 5.82 Å². The predicted molar refractivity (Wildman–Crippen MR) is 120 cm³/mol. The number of para-hydroxylation sites is 1. The number of hydrogen-bond donors (Lipinski definition) is 2. The summed E-state index contributed by atoms with van der Waals surface area (Å²) in [6.45, 7) is 6.91.